The maximum absolute atomic E-state index is 8.11. The minimum Gasteiger partial charge on any atom is -0.382 e. The monoisotopic (exact) mass is 797 g/mol. The first-order valence-electron chi connectivity index (χ1n) is 24.1. The van der Waals surface area contributed by atoms with E-state index in [9.17, 15) is 0 Å². The quantitative estimate of drug-likeness (QED) is 0.131. The molecule has 0 N–H and O–H groups in total. The highest BCUT2D eigenvalue weighted by Crippen LogP contribution is 2.81. The highest BCUT2D eigenvalue weighted by molar-refractivity contribution is 6.82. The summed E-state index contributed by atoms with van der Waals surface area (Å²) in [7, 11) is 1.86. The Balaban J connectivity index is 1.26. The van der Waals surface area contributed by atoms with Gasteiger partial charge in [-0.3, -0.25) is 0 Å². The molecule has 1 aliphatic carbocycles. The number of aromatic nitrogens is 1. The average Bonchev–Trinajstić information content (AvgIpc) is 4.16. The summed E-state index contributed by atoms with van der Waals surface area (Å²) in [6, 6.07) is 0. The van der Waals surface area contributed by atoms with Gasteiger partial charge in [-0.2, -0.15) is 0 Å². The molecule has 3 heterocycles. The molecule has 0 amide bonds. The van der Waals surface area contributed by atoms with Crippen LogP contribution in [0.1, 0.15) is 11.1 Å². The van der Waals surface area contributed by atoms with E-state index in [2.05, 4.69) is 4.57 Å². The number of nitrogens with zero attached hydrogens (tertiary/aromatic N) is 1. The van der Waals surface area contributed by atoms with Crippen LogP contribution in [0.3, 0.4) is 0 Å². The van der Waals surface area contributed by atoms with Crippen molar-refractivity contribution in [1.29, 1.82) is 0 Å². The summed E-state index contributed by atoms with van der Waals surface area (Å²) in [5.41, 5.74) is 5.16. The summed E-state index contributed by atoms with van der Waals surface area (Å²) in [5.74, 6) is 0. The molecule has 28 aromatic carbocycles. The lowest BCUT2D eigenvalue weighted by Crippen LogP contribution is -2.41. The molecular weight excluding hydrogens is 791 g/mol. The van der Waals surface area contributed by atoms with Crippen LogP contribution < -0.4 is 0 Å². The van der Waals surface area contributed by atoms with E-state index in [0.717, 1.165) is 0 Å². The van der Waals surface area contributed by atoms with E-state index in [-0.39, 0.29) is 0 Å². The van der Waals surface area contributed by atoms with Gasteiger partial charge in [-0.1, -0.05) is 0 Å². The van der Waals surface area contributed by atoms with Crippen LogP contribution in [0.5, 0.6) is 0 Å². The fraction of sp³-hybridized carbons (Fsp3) is 0.0645. The lowest BCUT2D eigenvalue weighted by molar-refractivity contribution is -0.0501. The van der Waals surface area contributed by atoms with Gasteiger partial charge in [0.25, 0.3) is 0 Å². The van der Waals surface area contributed by atoms with Crippen LogP contribution in [0.4, 0.5) is 0 Å². The third-order valence-electron chi connectivity index (χ3n) is 23.2. The predicted molar refractivity (Wildman–Crippen MR) is 273 cm³/mol. The fourth-order valence-corrected chi connectivity index (χ4v) is 23.1. The molecule has 1 aromatic heterocycles. The zero-order chi connectivity index (χ0) is 38.4. The van der Waals surface area contributed by atoms with Crippen molar-refractivity contribution in [3.8, 4) is 0 Å². The number of benzene rings is 18. The van der Waals surface area contributed by atoms with E-state index in [1.807, 2.05) is 7.11 Å². The van der Waals surface area contributed by atoms with Gasteiger partial charge in [0.1, 0.15) is 0 Å². The number of rotatable bonds is 4. The van der Waals surface area contributed by atoms with Gasteiger partial charge >= 0.3 is 0 Å². The number of hydrogen-bond donors (Lipinski definition) is 0. The molecule has 65 heavy (non-hydrogen) atoms. The summed E-state index contributed by atoms with van der Waals surface area (Å²) in [6.07, 6.45) is 0. The molecule has 29 aromatic rings. The van der Waals surface area contributed by atoms with Crippen molar-refractivity contribution in [1.82, 2.24) is 4.57 Å². The molecule has 0 spiro atoms. The Kier molecular flexibility index (Phi) is 1.95. The molecule has 0 atom stereocenters. The average molecular weight is 798 g/mol. The summed E-state index contributed by atoms with van der Waals surface area (Å²) in [5, 5.41) is 86.7. The van der Waals surface area contributed by atoms with Gasteiger partial charge in [0.05, 0.1) is 24.2 Å². The van der Waals surface area contributed by atoms with Crippen LogP contribution in [0.15, 0.2) is 0 Å². The first kappa shape index (κ1) is 23.7. The Bertz CT molecular complexity index is 6510. The van der Waals surface area contributed by atoms with Crippen molar-refractivity contribution in [3.05, 3.63) is 11.1 Å². The molecule has 2 aliphatic heterocycles. The second kappa shape index (κ2) is 5.33. The summed E-state index contributed by atoms with van der Waals surface area (Å²) < 4.78 is 17.0. The standard InChI is InChI=1S/C62H7NO2/c1-64-2-3-65-62-58-50-42-32-22-14-6-4-5-8-12-10(6)18-26(22)36(42)44-38-28(18)20(12)30-24-16(8)17-9(5)13-11-7(4)15(14)23-27-19(11)29-21(13)31-25(17)35-34(24)48-40(30)46(38)54(52(44)58)60-56(48)57-49(35)41(31)47-39(29)45-37(27)43(33(23)32)51(50)59(62)53(45)55(47)61(57)63(60)62/h2-3H2,1H3. The summed E-state index contributed by atoms with van der Waals surface area (Å²) in [4.78, 5) is 0. The normalized spacial score (nSPS) is 18.6. The Morgan fingerprint density at radius 1 is 0.231 bits per heavy atom. The highest BCUT2D eigenvalue weighted by Gasteiger charge is 2.59. The minimum atomic E-state index is -0.788. The molecule has 0 unspecified atom stereocenters. The smallest absolute Gasteiger partial charge is 0.200 e. The van der Waals surface area contributed by atoms with Crippen LogP contribution in [0.25, 0.3) is 302 Å². The second-order valence-corrected chi connectivity index (χ2v) is 23.5. The molecule has 0 saturated carbocycles. The van der Waals surface area contributed by atoms with E-state index in [0.29, 0.717) is 13.2 Å². The van der Waals surface area contributed by atoms with Crippen LogP contribution in [0, 0.1) is 0 Å². The van der Waals surface area contributed by atoms with E-state index < -0.39 is 5.72 Å². The van der Waals surface area contributed by atoms with Gasteiger partial charge in [0.15, 0.2) is 0 Å². The van der Waals surface area contributed by atoms with Crippen LogP contribution >= 0.6 is 0 Å². The molecule has 0 saturated heterocycles. The Labute approximate surface area is 351 Å². The van der Waals surface area contributed by atoms with Crippen molar-refractivity contribution in [2.75, 3.05) is 20.3 Å². The molecule has 0 fully saturated rings. The summed E-state index contributed by atoms with van der Waals surface area (Å²) in [6.45, 7) is 1.12. The van der Waals surface area contributed by atoms with Crippen molar-refractivity contribution in [2.45, 2.75) is 5.72 Å². The lowest BCUT2D eigenvalue weighted by atomic mass is 9.84. The molecule has 3 nitrogen and oxygen atoms in total. The van der Waals surface area contributed by atoms with Gasteiger partial charge in [-0.15, -0.1) is 0 Å². The first-order chi connectivity index (χ1) is 32.4. The van der Waals surface area contributed by atoms with E-state index in [1.54, 1.807) is 291 Å². The minimum absolute atomic E-state index is 0.546. The third kappa shape index (κ3) is 1.24. The molecule has 3 aliphatic rings. The van der Waals surface area contributed by atoms with Crippen molar-refractivity contribution in [2.24, 2.45) is 0 Å². The molecule has 3 heteroatoms. The number of ether oxygens (including phenoxy) is 2. The van der Waals surface area contributed by atoms with Gasteiger partial charge < -0.3 is 14.0 Å². The first-order valence-corrected chi connectivity index (χ1v) is 24.1. The van der Waals surface area contributed by atoms with Crippen LogP contribution in [-0.4, -0.2) is 24.9 Å². The van der Waals surface area contributed by atoms with Crippen molar-refractivity contribution >= 4 is 302 Å². The van der Waals surface area contributed by atoms with Gasteiger partial charge in [-0.05, 0) is 91.6 Å². The Hall–Kier alpha value is -7.82. The van der Waals surface area contributed by atoms with Gasteiger partial charge in [0, 0.05) is 218 Å². The van der Waals surface area contributed by atoms with Gasteiger partial charge in [0.2, 0.25) is 5.72 Å². The third-order valence-corrected chi connectivity index (χ3v) is 23.2. The molecular formula is C62H7NO2. The molecule has 32 rings (SSSR count). The molecule has 272 valence electrons. The van der Waals surface area contributed by atoms with E-state index >= 15 is 0 Å². The van der Waals surface area contributed by atoms with Gasteiger partial charge in [-0.25, -0.2) is 0 Å². The summed E-state index contributed by atoms with van der Waals surface area (Å²) >= 11 is 0. The zero-order valence-corrected chi connectivity index (χ0v) is 33.2. The SMILES string of the molecule is COCCOC12c3c4c5c1c1c6c7c5c5c8c4c4c9c3c3c%10c9c9c%11c4c8c4c8c5c7c5c7c6c6c%12c%13c7c7c5c8c5c4c%11c4c9c8c9c%11c4c5c7c%11c%13c4c9c(c8%10)c5c(c4%12)c(c16)n2c35. The largest absolute Gasteiger partial charge is 0.382 e. The topological polar surface area (TPSA) is 23.4 Å². The predicted octanol–water partition coefficient (Wildman–Crippen LogP) is 16.5. The lowest BCUT2D eigenvalue weighted by Gasteiger charge is -2.40. The Morgan fingerprint density at radius 2 is 0.400 bits per heavy atom. The Morgan fingerprint density at radius 3 is 0.615 bits per heavy atom. The highest BCUT2D eigenvalue weighted by atomic mass is 16.5. The zero-order valence-electron chi connectivity index (χ0n) is 33.2. The van der Waals surface area contributed by atoms with Crippen LogP contribution in [0.2, 0.25) is 0 Å². The molecule has 0 bridgehead atoms. The van der Waals surface area contributed by atoms with Crippen molar-refractivity contribution < 1.29 is 9.47 Å². The molecule has 0 radical (unpaired) electrons. The van der Waals surface area contributed by atoms with E-state index in [1.165, 1.54) is 22.2 Å². The van der Waals surface area contributed by atoms with Crippen LogP contribution in [-0.2, 0) is 15.2 Å². The van der Waals surface area contributed by atoms with E-state index in [4.69, 9.17) is 9.47 Å². The maximum atomic E-state index is 8.11. The second-order valence-electron chi connectivity index (χ2n) is 23.5. The number of hydrogen-bond acceptors (Lipinski definition) is 2. The number of methoxy groups -OCH3 is 1. The fourth-order valence-electron chi connectivity index (χ4n) is 23.1. The maximum Gasteiger partial charge on any atom is 0.200 e. The van der Waals surface area contributed by atoms with Crippen molar-refractivity contribution in [3.63, 3.8) is 0 Å².